The van der Waals surface area contributed by atoms with Crippen LogP contribution in [0, 0.1) is 11.3 Å². The highest BCUT2D eigenvalue weighted by Crippen LogP contribution is 2.29. The molecule has 0 rings (SSSR count). The van der Waals surface area contributed by atoms with Crippen LogP contribution in [0.2, 0.25) is 0 Å². The summed E-state index contributed by atoms with van der Waals surface area (Å²) in [5, 5.41) is 8.67. The van der Waals surface area contributed by atoms with Gasteiger partial charge in [-0.3, -0.25) is 4.79 Å². The smallest absolute Gasteiger partial charge is 0.135 e. The number of carbonyl (C=O) groups excluding carboxylic acids is 1. The van der Waals surface area contributed by atoms with Gasteiger partial charge in [0.05, 0.1) is 0 Å². The van der Waals surface area contributed by atoms with E-state index in [2.05, 4.69) is 0 Å². The van der Waals surface area contributed by atoms with E-state index in [4.69, 9.17) is 5.11 Å². The summed E-state index contributed by atoms with van der Waals surface area (Å²) in [5.41, 5.74) is -0.289. The minimum Gasteiger partial charge on any atom is -0.396 e. The van der Waals surface area contributed by atoms with Crippen molar-refractivity contribution in [1.82, 2.24) is 0 Å². The van der Waals surface area contributed by atoms with Gasteiger partial charge in [-0.25, -0.2) is 0 Å². The Hall–Kier alpha value is -0.370. The lowest BCUT2D eigenvalue weighted by molar-refractivity contribution is -0.127. The van der Waals surface area contributed by atoms with Crippen molar-refractivity contribution in [3.05, 3.63) is 0 Å². The summed E-state index contributed by atoms with van der Waals surface area (Å²) < 4.78 is 0. The maximum atomic E-state index is 11.1. The third-order valence-electron chi connectivity index (χ3n) is 2.70. The first kappa shape index (κ1) is 10.6. The van der Waals surface area contributed by atoms with Gasteiger partial charge in [0.1, 0.15) is 5.78 Å². The van der Waals surface area contributed by atoms with E-state index < -0.39 is 0 Å². The molecule has 2 heteroatoms. The number of aliphatic hydroxyl groups excluding tert-OH is 1. The predicted molar refractivity (Wildman–Crippen MR) is 45.3 cm³/mol. The first-order chi connectivity index (χ1) is 4.92. The van der Waals surface area contributed by atoms with Crippen molar-refractivity contribution in [2.24, 2.45) is 11.3 Å². The molecular weight excluding hydrogens is 140 g/mol. The summed E-state index contributed by atoms with van der Waals surface area (Å²) in [6.07, 6.45) is 0.701. The standard InChI is InChI=1S/C9H18O2/c1-7(5-6-10)9(3,4)8(2)11/h7,10H,5-6H2,1-4H3/t7-/m0/s1. The molecule has 0 amide bonds. The van der Waals surface area contributed by atoms with Gasteiger partial charge in [-0.15, -0.1) is 0 Å². The van der Waals surface area contributed by atoms with Crippen LogP contribution in [0.25, 0.3) is 0 Å². The van der Waals surface area contributed by atoms with E-state index in [0.717, 1.165) is 0 Å². The van der Waals surface area contributed by atoms with Crippen molar-refractivity contribution in [3.8, 4) is 0 Å². The van der Waals surface area contributed by atoms with E-state index in [-0.39, 0.29) is 23.7 Å². The number of hydrogen-bond donors (Lipinski definition) is 1. The Labute approximate surface area is 68.6 Å². The third-order valence-corrected chi connectivity index (χ3v) is 2.70. The van der Waals surface area contributed by atoms with Crippen molar-refractivity contribution >= 4 is 5.78 Å². The summed E-state index contributed by atoms with van der Waals surface area (Å²) in [5.74, 6) is 0.448. The predicted octanol–water partition coefficient (Wildman–Crippen LogP) is 1.62. The number of Topliss-reactive ketones (excluding diaryl/α,β-unsaturated/α-hetero) is 1. The van der Waals surface area contributed by atoms with E-state index in [1.807, 2.05) is 20.8 Å². The van der Waals surface area contributed by atoms with E-state index in [1.54, 1.807) is 6.92 Å². The molecule has 0 aliphatic rings. The Morgan fingerprint density at radius 2 is 2.00 bits per heavy atom. The molecule has 0 saturated heterocycles. The van der Waals surface area contributed by atoms with Crippen molar-refractivity contribution in [2.45, 2.75) is 34.1 Å². The minimum atomic E-state index is -0.289. The lowest BCUT2D eigenvalue weighted by Crippen LogP contribution is -2.29. The molecule has 0 aromatic carbocycles. The quantitative estimate of drug-likeness (QED) is 0.675. The molecule has 66 valence electrons. The summed E-state index contributed by atoms with van der Waals surface area (Å²) in [7, 11) is 0. The topological polar surface area (TPSA) is 37.3 Å². The first-order valence-electron chi connectivity index (χ1n) is 4.04. The van der Waals surface area contributed by atoms with E-state index in [1.165, 1.54) is 0 Å². The molecule has 1 atom stereocenters. The van der Waals surface area contributed by atoms with Gasteiger partial charge in [0.15, 0.2) is 0 Å². The van der Waals surface area contributed by atoms with Gasteiger partial charge in [-0.1, -0.05) is 20.8 Å². The van der Waals surface area contributed by atoms with Crippen LogP contribution < -0.4 is 0 Å². The van der Waals surface area contributed by atoms with Gasteiger partial charge in [0.25, 0.3) is 0 Å². The van der Waals surface area contributed by atoms with Crippen LogP contribution in [0.4, 0.5) is 0 Å². The molecule has 0 fully saturated rings. The highest BCUT2D eigenvalue weighted by Gasteiger charge is 2.29. The molecular formula is C9H18O2. The van der Waals surface area contributed by atoms with E-state index in [9.17, 15) is 4.79 Å². The molecule has 0 aromatic heterocycles. The Morgan fingerprint density at radius 3 is 2.27 bits per heavy atom. The molecule has 0 saturated carbocycles. The number of carbonyl (C=O) groups is 1. The fourth-order valence-electron chi connectivity index (χ4n) is 0.901. The summed E-state index contributed by atoms with van der Waals surface area (Å²) in [4.78, 5) is 11.1. The Morgan fingerprint density at radius 1 is 1.55 bits per heavy atom. The SMILES string of the molecule is CC(=O)C(C)(C)[C@@H](C)CCO. The third kappa shape index (κ3) is 2.62. The molecule has 0 radical (unpaired) electrons. The van der Waals surface area contributed by atoms with Crippen LogP contribution in [0.1, 0.15) is 34.1 Å². The van der Waals surface area contributed by atoms with Crippen LogP contribution >= 0.6 is 0 Å². The van der Waals surface area contributed by atoms with E-state index >= 15 is 0 Å². The zero-order valence-electron chi connectivity index (χ0n) is 7.85. The minimum absolute atomic E-state index is 0.165. The van der Waals surface area contributed by atoms with Crippen LogP contribution in [0.15, 0.2) is 0 Å². The number of rotatable bonds is 4. The molecule has 0 bridgehead atoms. The van der Waals surface area contributed by atoms with Crippen LogP contribution in [-0.2, 0) is 4.79 Å². The maximum Gasteiger partial charge on any atom is 0.135 e. The van der Waals surface area contributed by atoms with Gasteiger partial charge >= 0.3 is 0 Å². The molecule has 11 heavy (non-hydrogen) atoms. The van der Waals surface area contributed by atoms with Gasteiger partial charge in [0, 0.05) is 12.0 Å². The van der Waals surface area contributed by atoms with Crippen molar-refractivity contribution in [2.75, 3.05) is 6.61 Å². The fourth-order valence-corrected chi connectivity index (χ4v) is 0.901. The summed E-state index contributed by atoms with van der Waals surface area (Å²) >= 11 is 0. The molecule has 0 heterocycles. The number of hydrogen-bond acceptors (Lipinski definition) is 2. The molecule has 0 aliphatic carbocycles. The van der Waals surface area contributed by atoms with Crippen LogP contribution in [0.5, 0.6) is 0 Å². The van der Waals surface area contributed by atoms with E-state index in [0.29, 0.717) is 6.42 Å². The van der Waals surface area contributed by atoms with Crippen molar-refractivity contribution in [3.63, 3.8) is 0 Å². The van der Waals surface area contributed by atoms with Crippen LogP contribution in [-0.4, -0.2) is 17.5 Å². The Balaban J connectivity index is 4.17. The Kier molecular flexibility index (Phi) is 3.73. The normalized spacial score (nSPS) is 14.6. The maximum absolute atomic E-state index is 11.1. The summed E-state index contributed by atoms with van der Waals surface area (Å²) in [6.45, 7) is 7.62. The zero-order valence-corrected chi connectivity index (χ0v) is 7.85. The second-order valence-electron chi connectivity index (χ2n) is 3.69. The van der Waals surface area contributed by atoms with Crippen LogP contribution in [0.3, 0.4) is 0 Å². The van der Waals surface area contributed by atoms with Gasteiger partial charge in [-0.2, -0.15) is 0 Å². The molecule has 0 spiro atoms. The Bertz CT molecular complexity index is 138. The highest BCUT2D eigenvalue weighted by molar-refractivity contribution is 5.81. The molecule has 1 N–H and O–H groups in total. The lowest BCUT2D eigenvalue weighted by atomic mass is 9.75. The number of aliphatic hydroxyl groups is 1. The fraction of sp³-hybridized carbons (Fsp3) is 0.889. The lowest BCUT2D eigenvalue weighted by Gasteiger charge is -2.28. The van der Waals surface area contributed by atoms with Gasteiger partial charge in [-0.05, 0) is 19.3 Å². The molecule has 2 nitrogen and oxygen atoms in total. The second kappa shape index (κ2) is 3.86. The van der Waals surface area contributed by atoms with Gasteiger partial charge < -0.3 is 5.11 Å². The monoisotopic (exact) mass is 158 g/mol. The average Bonchev–Trinajstić information content (AvgIpc) is 1.88. The van der Waals surface area contributed by atoms with Crippen molar-refractivity contribution < 1.29 is 9.90 Å². The first-order valence-corrected chi connectivity index (χ1v) is 4.04. The second-order valence-corrected chi connectivity index (χ2v) is 3.69. The van der Waals surface area contributed by atoms with Gasteiger partial charge in [0.2, 0.25) is 0 Å². The average molecular weight is 158 g/mol. The number of ketones is 1. The highest BCUT2D eigenvalue weighted by atomic mass is 16.3. The summed E-state index contributed by atoms with van der Waals surface area (Å²) in [6, 6.07) is 0. The zero-order chi connectivity index (χ0) is 9.07. The molecule has 0 unspecified atom stereocenters. The molecule has 0 aliphatic heterocycles. The largest absolute Gasteiger partial charge is 0.396 e. The molecule has 0 aromatic rings. The van der Waals surface area contributed by atoms with Crippen molar-refractivity contribution in [1.29, 1.82) is 0 Å².